The molecule has 0 radical (unpaired) electrons. The van der Waals surface area contributed by atoms with Crippen molar-refractivity contribution in [2.75, 3.05) is 0 Å². The van der Waals surface area contributed by atoms with Gasteiger partial charge >= 0.3 is 5.97 Å². The van der Waals surface area contributed by atoms with Gasteiger partial charge in [-0.2, -0.15) is 0 Å². The summed E-state index contributed by atoms with van der Waals surface area (Å²) >= 11 is 0. The number of nitrogens with zero attached hydrogens (tertiary/aromatic N) is 1. The van der Waals surface area contributed by atoms with Crippen LogP contribution < -0.4 is 5.56 Å². The summed E-state index contributed by atoms with van der Waals surface area (Å²) in [5.74, 6) is -1.11. The quantitative estimate of drug-likeness (QED) is 0.873. The molecule has 100 valence electrons. The van der Waals surface area contributed by atoms with Gasteiger partial charge < -0.3 is 14.8 Å². The van der Waals surface area contributed by atoms with Crippen LogP contribution in [0.25, 0.3) is 10.9 Å². The molecule has 0 saturated carbocycles. The molecule has 2 N–H and O–H groups in total. The van der Waals surface area contributed by atoms with E-state index in [-0.39, 0.29) is 11.1 Å². The fraction of sp³-hybridized carbons (Fsp3) is 0.286. The van der Waals surface area contributed by atoms with E-state index in [9.17, 15) is 14.7 Å². The van der Waals surface area contributed by atoms with E-state index in [4.69, 9.17) is 5.11 Å². The van der Waals surface area contributed by atoms with Crippen LogP contribution in [-0.2, 0) is 6.54 Å². The van der Waals surface area contributed by atoms with Gasteiger partial charge in [-0.3, -0.25) is 4.79 Å². The van der Waals surface area contributed by atoms with Crippen LogP contribution in [0.2, 0.25) is 0 Å². The summed E-state index contributed by atoms with van der Waals surface area (Å²) in [5.41, 5.74) is 0.221. The first-order valence-electron chi connectivity index (χ1n) is 6.04. The molecule has 0 fully saturated rings. The molecule has 1 atom stereocenters. The Morgan fingerprint density at radius 2 is 2.05 bits per heavy atom. The van der Waals surface area contributed by atoms with Crippen molar-refractivity contribution in [2.45, 2.75) is 26.0 Å². The SMILES string of the molecule is CC(O)CCn1c(=O)cc(C(=O)O)c2ccccc21. The molecular weight excluding hydrogens is 246 g/mol. The lowest BCUT2D eigenvalue weighted by Crippen LogP contribution is -2.23. The van der Waals surface area contributed by atoms with E-state index in [1.807, 2.05) is 0 Å². The van der Waals surface area contributed by atoms with E-state index in [2.05, 4.69) is 0 Å². The second-order valence-corrected chi connectivity index (χ2v) is 4.51. The average molecular weight is 261 g/mol. The number of hydrogen-bond acceptors (Lipinski definition) is 3. The number of rotatable bonds is 4. The summed E-state index contributed by atoms with van der Waals surface area (Å²) in [6.45, 7) is 2.01. The van der Waals surface area contributed by atoms with Gasteiger partial charge in [0.15, 0.2) is 0 Å². The minimum Gasteiger partial charge on any atom is -0.478 e. The van der Waals surface area contributed by atoms with E-state index >= 15 is 0 Å². The predicted octanol–water partition coefficient (Wildman–Crippen LogP) is 1.47. The Balaban J connectivity index is 2.65. The predicted molar refractivity (Wildman–Crippen MR) is 71.5 cm³/mol. The summed E-state index contributed by atoms with van der Waals surface area (Å²) in [4.78, 5) is 23.1. The van der Waals surface area contributed by atoms with Gasteiger partial charge in [0, 0.05) is 18.0 Å². The van der Waals surface area contributed by atoms with Crippen LogP contribution in [0.5, 0.6) is 0 Å². The van der Waals surface area contributed by atoms with E-state index in [0.29, 0.717) is 23.9 Å². The molecule has 0 aliphatic carbocycles. The highest BCUT2D eigenvalue weighted by atomic mass is 16.4. The molecule has 0 saturated heterocycles. The Kier molecular flexibility index (Phi) is 3.66. The normalized spacial score (nSPS) is 12.5. The third-order valence-corrected chi connectivity index (χ3v) is 3.02. The third kappa shape index (κ3) is 2.66. The number of benzene rings is 1. The van der Waals surface area contributed by atoms with Crippen molar-refractivity contribution in [1.82, 2.24) is 4.57 Å². The molecule has 0 amide bonds. The molecular formula is C14H15NO4. The van der Waals surface area contributed by atoms with Gasteiger partial charge in [-0.15, -0.1) is 0 Å². The van der Waals surface area contributed by atoms with Gasteiger partial charge in [0.25, 0.3) is 5.56 Å². The molecule has 1 unspecified atom stereocenters. The molecule has 0 aliphatic rings. The summed E-state index contributed by atoms with van der Waals surface area (Å²) in [7, 11) is 0. The number of pyridine rings is 1. The first-order chi connectivity index (χ1) is 9.00. The maximum absolute atomic E-state index is 12.0. The van der Waals surface area contributed by atoms with Gasteiger partial charge in [0.2, 0.25) is 0 Å². The number of aliphatic hydroxyl groups excluding tert-OH is 1. The number of aliphatic hydroxyl groups is 1. The fourth-order valence-electron chi connectivity index (χ4n) is 2.06. The molecule has 1 aromatic carbocycles. The van der Waals surface area contributed by atoms with Crippen molar-refractivity contribution in [3.05, 3.63) is 46.2 Å². The van der Waals surface area contributed by atoms with Crippen LogP contribution in [0.4, 0.5) is 0 Å². The number of carboxylic acid groups (broad SMARTS) is 1. The number of carbonyl (C=O) groups is 1. The Hall–Kier alpha value is -2.14. The zero-order chi connectivity index (χ0) is 14.0. The maximum Gasteiger partial charge on any atom is 0.336 e. The van der Waals surface area contributed by atoms with E-state index in [1.165, 1.54) is 4.57 Å². The van der Waals surface area contributed by atoms with Crippen molar-refractivity contribution in [2.24, 2.45) is 0 Å². The van der Waals surface area contributed by atoms with Gasteiger partial charge in [0.1, 0.15) is 0 Å². The summed E-state index contributed by atoms with van der Waals surface area (Å²) < 4.78 is 1.49. The minimum absolute atomic E-state index is 0.00824. The molecule has 1 aromatic heterocycles. The number of aryl methyl sites for hydroxylation is 1. The standard InChI is InChI=1S/C14H15NO4/c1-9(16)6-7-15-12-5-3-2-4-10(12)11(14(18)19)8-13(15)17/h2-5,8-9,16H,6-7H2,1H3,(H,18,19). The Bertz CT molecular complexity index is 673. The number of aromatic carboxylic acids is 1. The first kappa shape index (κ1) is 13.3. The van der Waals surface area contributed by atoms with Crippen molar-refractivity contribution in [3.8, 4) is 0 Å². The lowest BCUT2D eigenvalue weighted by Gasteiger charge is -2.12. The molecule has 0 aliphatic heterocycles. The van der Waals surface area contributed by atoms with Crippen molar-refractivity contribution in [3.63, 3.8) is 0 Å². The highest BCUT2D eigenvalue weighted by Gasteiger charge is 2.13. The topological polar surface area (TPSA) is 79.5 Å². The van der Waals surface area contributed by atoms with Crippen LogP contribution in [0.1, 0.15) is 23.7 Å². The van der Waals surface area contributed by atoms with Gasteiger partial charge in [0.05, 0.1) is 17.2 Å². The highest BCUT2D eigenvalue weighted by molar-refractivity contribution is 6.02. The smallest absolute Gasteiger partial charge is 0.336 e. The first-order valence-corrected chi connectivity index (χ1v) is 6.04. The molecule has 2 rings (SSSR count). The summed E-state index contributed by atoms with van der Waals surface area (Å²) in [5, 5.41) is 19.0. The molecule has 0 bridgehead atoms. The maximum atomic E-state index is 12.0. The second kappa shape index (κ2) is 5.24. The number of fused-ring (bicyclic) bond motifs is 1. The number of para-hydroxylation sites is 1. The van der Waals surface area contributed by atoms with Crippen LogP contribution in [0.3, 0.4) is 0 Å². The van der Waals surface area contributed by atoms with Gasteiger partial charge in [-0.05, 0) is 19.4 Å². The zero-order valence-electron chi connectivity index (χ0n) is 10.5. The van der Waals surface area contributed by atoms with Crippen molar-refractivity contribution in [1.29, 1.82) is 0 Å². The monoisotopic (exact) mass is 261 g/mol. The Labute approximate surface area is 109 Å². The van der Waals surface area contributed by atoms with Crippen LogP contribution in [0.15, 0.2) is 35.1 Å². The van der Waals surface area contributed by atoms with E-state index in [1.54, 1.807) is 31.2 Å². The highest BCUT2D eigenvalue weighted by Crippen LogP contribution is 2.17. The van der Waals surface area contributed by atoms with E-state index in [0.717, 1.165) is 6.07 Å². The second-order valence-electron chi connectivity index (χ2n) is 4.51. The Morgan fingerprint density at radius 1 is 1.37 bits per heavy atom. The molecule has 5 heteroatoms. The Morgan fingerprint density at radius 3 is 2.68 bits per heavy atom. The zero-order valence-corrected chi connectivity index (χ0v) is 10.5. The molecule has 19 heavy (non-hydrogen) atoms. The largest absolute Gasteiger partial charge is 0.478 e. The molecule has 2 aromatic rings. The lowest BCUT2D eigenvalue weighted by atomic mass is 10.1. The van der Waals surface area contributed by atoms with Crippen LogP contribution in [-0.4, -0.2) is 26.9 Å². The summed E-state index contributed by atoms with van der Waals surface area (Å²) in [6.07, 6.45) is -0.0686. The number of hydrogen-bond donors (Lipinski definition) is 2. The van der Waals surface area contributed by atoms with E-state index < -0.39 is 12.1 Å². The number of carboxylic acids is 1. The van der Waals surface area contributed by atoms with Crippen molar-refractivity contribution >= 4 is 16.9 Å². The fourth-order valence-corrected chi connectivity index (χ4v) is 2.06. The number of aromatic nitrogens is 1. The average Bonchev–Trinajstić information content (AvgIpc) is 2.36. The molecule has 1 heterocycles. The van der Waals surface area contributed by atoms with Crippen molar-refractivity contribution < 1.29 is 15.0 Å². The minimum atomic E-state index is -1.11. The summed E-state index contributed by atoms with van der Waals surface area (Å²) in [6, 6.07) is 8.01. The lowest BCUT2D eigenvalue weighted by molar-refractivity contribution is 0.0698. The van der Waals surface area contributed by atoms with Crippen LogP contribution >= 0.6 is 0 Å². The van der Waals surface area contributed by atoms with Crippen LogP contribution in [0, 0.1) is 0 Å². The van der Waals surface area contributed by atoms with Gasteiger partial charge in [-0.25, -0.2) is 4.79 Å². The molecule has 5 nitrogen and oxygen atoms in total. The van der Waals surface area contributed by atoms with Gasteiger partial charge in [-0.1, -0.05) is 18.2 Å². The molecule has 0 spiro atoms. The third-order valence-electron chi connectivity index (χ3n) is 3.02.